The van der Waals surface area contributed by atoms with Gasteiger partial charge in [0.2, 0.25) is 0 Å². The van der Waals surface area contributed by atoms with Gasteiger partial charge in [-0.25, -0.2) is 4.39 Å². The van der Waals surface area contributed by atoms with Crippen molar-refractivity contribution < 1.29 is 9.13 Å². The quantitative estimate of drug-likeness (QED) is 0.851. The fourth-order valence-electron chi connectivity index (χ4n) is 2.08. The highest BCUT2D eigenvalue weighted by Crippen LogP contribution is 2.13. The van der Waals surface area contributed by atoms with Gasteiger partial charge in [0.15, 0.2) is 0 Å². The van der Waals surface area contributed by atoms with Crippen LogP contribution >= 0.6 is 0 Å². The van der Waals surface area contributed by atoms with Crippen LogP contribution in [-0.2, 0) is 13.1 Å². The van der Waals surface area contributed by atoms with Crippen molar-refractivity contribution in [1.82, 2.24) is 4.90 Å². The van der Waals surface area contributed by atoms with Crippen molar-refractivity contribution in [2.45, 2.75) is 13.1 Å². The molecule has 0 saturated carbocycles. The van der Waals surface area contributed by atoms with E-state index in [1.807, 2.05) is 42.3 Å². The second kappa shape index (κ2) is 7.76. The number of nitrogens with zero attached hydrogens (tertiary/aromatic N) is 1. The second-order valence-corrected chi connectivity index (χ2v) is 5.03. The highest BCUT2D eigenvalue weighted by atomic mass is 19.1. The summed E-state index contributed by atoms with van der Waals surface area (Å²) in [5.74, 6) is 0.651. The first-order chi connectivity index (χ1) is 10.2. The van der Waals surface area contributed by atoms with Crippen molar-refractivity contribution in [3.63, 3.8) is 0 Å². The van der Waals surface area contributed by atoms with E-state index in [0.29, 0.717) is 25.3 Å². The van der Waals surface area contributed by atoms with Crippen LogP contribution in [0.15, 0.2) is 48.5 Å². The van der Waals surface area contributed by atoms with E-state index in [9.17, 15) is 4.39 Å². The van der Waals surface area contributed by atoms with E-state index < -0.39 is 0 Å². The van der Waals surface area contributed by atoms with Gasteiger partial charge in [0.05, 0.1) is 0 Å². The Morgan fingerprint density at radius 1 is 1.14 bits per heavy atom. The summed E-state index contributed by atoms with van der Waals surface area (Å²) in [6.07, 6.45) is 0. The Bertz CT molecular complexity index is 574. The molecule has 0 aliphatic heterocycles. The molecule has 0 aliphatic rings. The molecule has 3 nitrogen and oxygen atoms in total. The lowest BCUT2D eigenvalue weighted by Crippen LogP contribution is -2.24. The number of hydrogen-bond acceptors (Lipinski definition) is 3. The van der Waals surface area contributed by atoms with Crippen molar-refractivity contribution in [3.05, 3.63) is 65.5 Å². The van der Waals surface area contributed by atoms with Gasteiger partial charge in [-0.15, -0.1) is 0 Å². The highest BCUT2D eigenvalue weighted by Gasteiger charge is 2.05. The average Bonchev–Trinajstić information content (AvgIpc) is 2.50. The molecule has 0 spiro atoms. The Labute approximate surface area is 125 Å². The summed E-state index contributed by atoms with van der Waals surface area (Å²) in [4.78, 5) is 2.03. The van der Waals surface area contributed by atoms with Gasteiger partial charge in [-0.05, 0) is 30.8 Å². The van der Waals surface area contributed by atoms with Crippen molar-refractivity contribution >= 4 is 0 Å². The number of nitrogens with two attached hydrogens (primary N) is 1. The SMILES string of the molecule is CN(CCOc1cccc(CN)c1)Cc1ccccc1F. The van der Waals surface area contributed by atoms with Crippen molar-refractivity contribution in [1.29, 1.82) is 0 Å². The standard InChI is InChI=1S/C17H21FN2O/c1-20(13-15-6-2-3-8-17(15)18)9-10-21-16-7-4-5-14(11-16)12-19/h2-8,11H,9-10,12-13,19H2,1H3. The molecule has 0 atom stereocenters. The summed E-state index contributed by atoms with van der Waals surface area (Å²) in [5.41, 5.74) is 7.34. The molecule has 2 aromatic carbocycles. The van der Waals surface area contributed by atoms with Crippen LogP contribution in [0.4, 0.5) is 4.39 Å². The maximum Gasteiger partial charge on any atom is 0.127 e. The molecule has 4 heteroatoms. The van der Waals surface area contributed by atoms with Gasteiger partial charge < -0.3 is 10.5 Å². The highest BCUT2D eigenvalue weighted by molar-refractivity contribution is 5.28. The molecule has 0 aromatic heterocycles. The third-order valence-electron chi connectivity index (χ3n) is 3.27. The maximum atomic E-state index is 13.6. The Balaban J connectivity index is 1.79. The number of benzene rings is 2. The van der Waals surface area contributed by atoms with Crippen LogP contribution in [0, 0.1) is 5.82 Å². The van der Waals surface area contributed by atoms with E-state index in [2.05, 4.69) is 0 Å². The van der Waals surface area contributed by atoms with Crippen molar-refractivity contribution in [2.24, 2.45) is 5.73 Å². The number of rotatable bonds is 7. The van der Waals surface area contributed by atoms with Gasteiger partial charge in [-0.1, -0.05) is 30.3 Å². The molecule has 0 saturated heterocycles. The molecule has 2 rings (SSSR count). The molecule has 2 aromatic rings. The lowest BCUT2D eigenvalue weighted by atomic mass is 10.2. The normalized spacial score (nSPS) is 10.9. The second-order valence-electron chi connectivity index (χ2n) is 5.03. The number of halogens is 1. The average molecular weight is 288 g/mol. The summed E-state index contributed by atoms with van der Waals surface area (Å²) in [5, 5.41) is 0. The third-order valence-corrected chi connectivity index (χ3v) is 3.27. The first-order valence-electron chi connectivity index (χ1n) is 7.03. The molecule has 0 aliphatic carbocycles. The van der Waals surface area contributed by atoms with E-state index in [1.54, 1.807) is 12.1 Å². The minimum absolute atomic E-state index is 0.166. The van der Waals surface area contributed by atoms with Crippen molar-refractivity contribution in [3.8, 4) is 5.75 Å². The molecule has 0 amide bonds. The number of likely N-dealkylation sites (N-methyl/N-ethyl adjacent to an activating group) is 1. The fourth-order valence-corrected chi connectivity index (χ4v) is 2.08. The van der Waals surface area contributed by atoms with Crippen LogP contribution in [0.1, 0.15) is 11.1 Å². The summed E-state index contributed by atoms with van der Waals surface area (Å²) < 4.78 is 19.2. The molecular weight excluding hydrogens is 267 g/mol. The third kappa shape index (κ3) is 4.85. The van der Waals surface area contributed by atoms with E-state index in [0.717, 1.165) is 17.9 Å². The van der Waals surface area contributed by atoms with Crippen LogP contribution in [0.5, 0.6) is 5.75 Å². The monoisotopic (exact) mass is 288 g/mol. The van der Waals surface area contributed by atoms with E-state index >= 15 is 0 Å². The van der Waals surface area contributed by atoms with Crippen LogP contribution in [-0.4, -0.2) is 25.1 Å². The molecule has 0 radical (unpaired) electrons. The lowest BCUT2D eigenvalue weighted by Gasteiger charge is -2.17. The Hall–Kier alpha value is -1.91. The smallest absolute Gasteiger partial charge is 0.127 e. The Morgan fingerprint density at radius 2 is 1.95 bits per heavy atom. The Morgan fingerprint density at radius 3 is 2.71 bits per heavy atom. The van der Waals surface area contributed by atoms with Crippen LogP contribution in [0.2, 0.25) is 0 Å². The van der Waals surface area contributed by atoms with Crippen LogP contribution < -0.4 is 10.5 Å². The number of hydrogen-bond donors (Lipinski definition) is 1. The van der Waals surface area contributed by atoms with Crippen LogP contribution in [0.3, 0.4) is 0 Å². The summed E-state index contributed by atoms with van der Waals surface area (Å²) in [7, 11) is 1.95. The molecule has 0 unspecified atom stereocenters. The molecule has 0 bridgehead atoms. The lowest BCUT2D eigenvalue weighted by molar-refractivity contribution is 0.231. The molecule has 21 heavy (non-hydrogen) atoms. The van der Waals surface area contributed by atoms with Gasteiger partial charge in [0.25, 0.3) is 0 Å². The molecule has 0 heterocycles. The fraction of sp³-hybridized carbons (Fsp3) is 0.294. The zero-order valence-electron chi connectivity index (χ0n) is 12.3. The van der Waals surface area contributed by atoms with E-state index in [1.165, 1.54) is 6.07 Å². The summed E-state index contributed by atoms with van der Waals surface area (Å²) in [6, 6.07) is 14.6. The largest absolute Gasteiger partial charge is 0.492 e. The first kappa shape index (κ1) is 15.5. The Kier molecular flexibility index (Phi) is 5.72. The number of ether oxygens (including phenoxy) is 1. The van der Waals surface area contributed by atoms with Gasteiger partial charge in [0, 0.05) is 25.2 Å². The summed E-state index contributed by atoms with van der Waals surface area (Å²) in [6.45, 7) is 2.35. The van der Waals surface area contributed by atoms with Crippen molar-refractivity contribution in [2.75, 3.05) is 20.2 Å². The maximum absolute atomic E-state index is 13.6. The predicted octanol–water partition coefficient (Wildman–Crippen LogP) is 2.80. The predicted molar refractivity (Wildman–Crippen MR) is 82.6 cm³/mol. The van der Waals surface area contributed by atoms with E-state index in [4.69, 9.17) is 10.5 Å². The van der Waals surface area contributed by atoms with Gasteiger partial charge in [-0.3, -0.25) is 4.90 Å². The van der Waals surface area contributed by atoms with E-state index in [-0.39, 0.29) is 5.82 Å². The van der Waals surface area contributed by atoms with Crippen LogP contribution in [0.25, 0.3) is 0 Å². The first-order valence-corrected chi connectivity index (χ1v) is 7.03. The van der Waals surface area contributed by atoms with Gasteiger partial charge in [-0.2, -0.15) is 0 Å². The molecule has 112 valence electrons. The molecular formula is C17H21FN2O. The zero-order valence-corrected chi connectivity index (χ0v) is 12.3. The van der Waals surface area contributed by atoms with Gasteiger partial charge >= 0.3 is 0 Å². The topological polar surface area (TPSA) is 38.5 Å². The summed E-state index contributed by atoms with van der Waals surface area (Å²) >= 11 is 0. The van der Waals surface area contributed by atoms with Gasteiger partial charge in [0.1, 0.15) is 18.2 Å². The molecule has 2 N–H and O–H groups in total. The minimum atomic E-state index is -0.166. The molecule has 0 fully saturated rings. The minimum Gasteiger partial charge on any atom is -0.492 e. The zero-order chi connectivity index (χ0) is 15.1.